The van der Waals surface area contributed by atoms with E-state index < -0.39 is 21.4 Å². The number of para-hydroxylation sites is 1. The third-order valence-corrected chi connectivity index (χ3v) is 7.30. The molecule has 1 saturated heterocycles. The van der Waals surface area contributed by atoms with Crippen molar-refractivity contribution in [3.05, 3.63) is 46.3 Å². The van der Waals surface area contributed by atoms with Gasteiger partial charge in [-0.15, -0.1) is 10.2 Å². The van der Waals surface area contributed by atoms with Crippen molar-refractivity contribution in [2.75, 3.05) is 18.4 Å². The predicted molar refractivity (Wildman–Crippen MR) is 134 cm³/mol. The number of nitrogens with one attached hydrogen (secondary N) is 1. The second kappa shape index (κ2) is 11.4. The van der Waals surface area contributed by atoms with Crippen LogP contribution in [0.5, 0.6) is 0 Å². The lowest BCUT2D eigenvalue weighted by atomic mass is 10.2. The molecule has 1 aliphatic rings. The van der Waals surface area contributed by atoms with E-state index >= 15 is 0 Å². The number of benzene rings is 1. The van der Waals surface area contributed by atoms with Crippen LogP contribution < -0.4 is 4.72 Å². The van der Waals surface area contributed by atoms with E-state index in [-0.39, 0.29) is 17.9 Å². The number of rotatable bonds is 9. The molecule has 10 nitrogen and oxygen atoms in total. The number of methoxy groups -OCH3 is 1. The summed E-state index contributed by atoms with van der Waals surface area (Å²) < 4.78 is 42.0. The zero-order valence-corrected chi connectivity index (χ0v) is 21.3. The Balaban J connectivity index is 2.01. The van der Waals surface area contributed by atoms with Crippen LogP contribution in [0.15, 0.2) is 45.5 Å². The van der Waals surface area contributed by atoms with Crippen LogP contribution in [0, 0.1) is 0 Å². The highest BCUT2D eigenvalue weighted by atomic mass is 35.5. The number of ether oxygens (including phenoxy) is 2. The molecule has 0 bridgehead atoms. The Morgan fingerprint density at radius 3 is 2.74 bits per heavy atom. The van der Waals surface area contributed by atoms with E-state index in [1.165, 1.54) is 20.2 Å². The molecule has 0 aliphatic carbocycles. The standard InChI is InChI=1S/C21H26Cl2N6O4S/c1-13(22)12-25-19(24-3)18(32-4)14(2)34(30,31)28-21-27-26-20(17-10-7-11-33-17)29(21)16-9-6-5-8-15(16)23/h5-6,8-9,12,14,17-18H,3,7,10-11H2,1-2,4H3,(H,27,28)/b13-12+,25-19-/t14-,17-,18-/m0/s1. The minimum Gasteiger partial charge on any atom is -0.372 e. The number of halogens is 2. The molecule has 13 heteroatoms. The molecule has 1 N–H and O–H groups in total. The van der Waals surface area contributed by atoms with E-state index in [9.17, 15) is 8.42 Å². The Morgan fingerprint density at radius 2 is 2.15 bits per heavy atom. The number of anilines is 1. The second-order valence-corrected chi connectivity index (χ2v) is 10.6. The minimum absolute atomic E-state index is 0.0261. The molecule has 2 heterocycles. The van der Waals surface area contributed by atoms with Crippen molar-refractivity contribution in [2.45, 2.75) is 44.1 Å². The summed E-state index contributed by atoms with van der Waals surface area (Å²) in [5, 5.41) is 7.98. The van der Waals surface area contributed by atoms with Crippen LogP contribution in [0.1, 0.15) is 38.6 Å². The smallest absolute Gasteiger partial charge is 0.243 e. The largest absolute Gasteiger partial charge is 0.372 e. The Hall–Kier alpha value is -2.31. The van der Waals surface area contributed by atoms with Crippen molar-refractivity contribution in [1.82, 2.24) is 14.8 Å². The summed E-state index contributed by atoms with van der Waals surface area (Å²) in [7, 11) is -2.72. The summed E-state index contributed by atoms with van der Waals surface area (Å²) >= 11 is 12.3. The first-order valence-corrected chi connectivity index (χ1v) is 12.7. The fraction of sp³-hybridized carbons (Fsp3) is 0.429. The van der Waals surface area contributed by atoms with Crippen molar-refractivity contribution >= 4 is 51.7 Å². The SMILES string of the molecule is C=N/C(=N\C=C(/C)Cl)[C@@H](OC)[C@H](C)S(=O)(=O)Nc1nnc([C@@H]2CCCO2)n1-c1ccccc1Cl. The van der Waals surface area contributed by atoms with Crippen LogP contribution in [0.3, 0.4) is 0 Å². The summed E-state index contributed by atoms with van der Waals surface area (Å²) in [6.07, 6.45) is 1.57. The molecule has 0 unspecified atom stereocenters. The van der Waals surface area contributed by atoms with Crippen LogP contribution in [0.2, 0.25) is 5.02 Å². The third kappa shape index (κ3) is 5.84. The van der Waals surface area contributed by atoms with Crippen LogP contribution in [0.25, 0.3) is 5.69 Å². The molecule has 3 atom stereocenters. The zero-order chi connectivity index (χ0) is 24.9. The molecule has 0 amide bonds. The van der Waals surface area contributed by atoms with Gasteiger partial charge in [0.2, 0.25) is 16.0 Å². The van der Waals surface area contributed by atoms with Crippen molar-refractivity contribution in [1.29, 1.82) is 0 Å². The van der Waals surface area contributed by atoms with Gasteiger partial charge in [0.05, 0.1) is 10.7 Å². The normalized spacial score (nSPS) is 19.1. The summed E-state index contributed by atoms with van der Waals surface area (Å²) in [5.41, 5.74) is 0.519. The van der Waals surface area contributed by atoms with E-state index in [0.29, 0.717) is 28.2 Å². The Bertz CT molecular complexity index is 1190. The predicted octanol–water partition coefficient (Wildman–Crippen LogP) is 4.12. The molecule has 0 radical (unpaired) electrons. The van der Waals surface area contributed by atoms with E-state index in [2.05, 4.69) is 31.6 Å². The van der Waals surface area contributed by atoms with Crippen molar-refractivity contribution in [2.24, 2.45) is 9.98 Å². The number of sulfonamides is 1. The van der Waals surface area contributed by atoms with E-state index in [4.69, 9.17) is 32.7 Å². The van der Waals surface area contributed by atoms with Crippen molar-refractivity contribution in [3.63, 3.8) is 0 Å². The molecule has 2 aromatic rings. The van der Waals surface area contributed by atoms with Gasteiger partial charge in [0.25, 0.3) is 0 Å². The average molecular weight is 529 g/mol. The fourth-order valence-corrected chi connectivity index (χ4v) is 4.87. The summed E-state index contributed by atoms with van der Waals surface area (Å²) in [4.78, 5) is 7.92. The van der Waals surface area contributed by atoms with Crippen LogP contribution in [-0.4, -0.2) is 60.8 Å². The number of allylic oxidation sites excluding steroid dienone is 1. The number of aromatic nitrogens is 3. The molecule has 1 aromatic carbocycles. The molecule has 1 aliphatic heterocycles. The number of aliphatic imine (C=N–C) groups is 2. The second-order valence-electron chi connectivity index (χ2n) is 7.54. The molecule has 1 aromatic heterocycles. The minimum atomic E-state index is -4.08. The topological polar surface area (TPSA) is 120 Å². The van der Waals surface area contributed by atoms with Gasteiger partial charge >= 0.3 is 0 Å². The van der Waals surface area contributed by atoms with Gasteiger partial charge < -0.3 is 9.47 Å². The maximum atomic E-state index is 13.4. The van der Waals surface area contributed by atoms with Gasteiger partial charge in [-0.05, 0) is 45.5 Å². The van der Waals surface area contributed by atoms with Gasteiger partial charge in [0.1, 0.15) is 17.5 Å². The summed E-state index contributed by atoms with van der Waals surface area (Å²) in [5.74, 6) is 0.492. The number of hydrogen-bond donors (Lipinski definition) is 1. The van der Waals surface area contributed by atoms with Crippen LogP contribution in [0.4, 0.5) is 5.95 Å². The number of nitrogens with zero attached hydrogens (tertiary/aromatic N) is 5. The summed E-state index contributed by atoms with van der Waals surface area (Å²) in [6.45, 7) is 7.14. The summed E-state index contributed by atoms with van der Waals surface area (Å²) in [6, 6.07) is 7.00. The van der Waals surface area contributed by atoms with Crippen molar-refractivity contribution < 1.29 is 17.9 Å². The maximum Gasteiger partial charge on any atom is 0.243 e. The highest BCUT2D eigenvalue weighted by molar-refractivity contribution is 7.93. The van der Waals surface area contributed by atoms with E-state index in [1.807, 2.05) is 0 Å². The van der Waals surface area contributed by atoms with Gasteiger partial charge in [-0.1, -0.05) is 35.3 Å². The highest BCUT2D eigenvalue weighted by Crippen LogP contribution is 2.33. The molecule has 1 fully saturated rings. The first-order chi connectivity index (χ1) is 16.2. The third-order valence-electron chi connectivity index (χ3n) is 5.19. The average Bonchev–Trinajstić information content (AvgIpc) is 3.46. The fourth-order valence-electron chi connectivity index (χ4n) is 3.47. The van der Waals surface area contributed by atoms with Crippen LogP contribution >= 0.6 is 23.2 Å². The number of hydrogen-bond acceptors (Lipinski definition) is 7. The molecule has 3 rings (SSSR count). The molecule has 0 spiro atoms. The first-order valence-electron chi connectivity index (χ1n) is 10.4. The quantitative estimate of drug-likeness (QED) is 0.386. The van der Waals surface area contributed by atoms with Gasteiger partial charge in [-0.3, -0.25) is 9.29 Å². The van der Waals surface area contributed by atoms with Gasteiger partial charge in [-0.25, -0.2) is 18.4 Å². The molecular formula is C21H26Cl2N6O4S. The number of amidine groups is 1. The Morgan fingerprint density at radius 1 is 1.41 bits per heavy atom. The van der Waals surface area contributed by atoms with Gasteiger partial charge in [0, 0.05) is 24.9 Å². The lowest BCUT2D eigenvalue weighted by Crippen LogP contribution is -2.41. The Kier molecular flexibility index (Phi) is 8.83. The molecule has 0 saturated carbocycles. The lowest BCUT2D eigenvalue weighted by molar-refractivity contribution is 0.103. The molecular weight excluding hydrogens is 503 g/mol. The Labute approximate surface area is 208 Å². The highest BCUT2D eigenvalue weighted by Gasteiger charge is 2.35. The lowest BCUT2D eigenvalue weighted by Gasteiger charge is -2.23. The van der Waals surface area contributed by atoms with Gasteiger partial charge in [0.15, 0.2) is 11.7 Å². The zero-order valence-electron chi connectivity index (χ0n) is 19.0. The van der Waals surface area contributed by atoms with Gasteiger partial charge in [-0.2, -0.15) is 0 Å². The molecule has 184 valence electrons. The van der Waals surface area contributed by atoms with E-state index in [0.717, 1.165) is 12.8 Å². The monoisotopic (exact) mass is 528 g/mol. The molecule has 34 heavy (non-hydrogen) atoms. The van der Waals surface area contributed by atoms with Crippen LogP contribution in [-0.2, 0) is 19.5 Å². The maximum absolute atomic E-state index is 13.4. The van der Waals surface area contributed by atoms with Crippen molar-refractivity contribution in [3.8, 4) is 5.69 Å². The first kappa shape index (κ1) is 26.3. The van der Waals surface area contributed by atoms with E-state index in [1.54, 1.807) is 35.8 Å².